The van der Waals surface area contributed by atoms with Crippen molar-refractivity contribution in [2.24, 2.45) is 11.8 Å². The molecule has 0 spiro atoms. The monoisotopic (exact) mass is 384 g/mol. The van der Waals surface area contributed by atoms with Gasteiger partial charge < -0.3 is 10.6 Å². The van der Waals surface area contributed by atoms with E-state index in [1.165, 1.54) is 0 Å². The Morgan fingerprint density at radius 2 is 1.96 bits per heavy atom. The minimum atomic E-state index is -3.02. The molecular formula is C17H21ClN2O4S. The molecule has 1 heterocycles. The minimum absolute atomic E-state index is 0.00194. The van der Waals surface area contributed by atoms with Crippen molar-refractivity contribution in [3.05, 3.63) is 34.9 Å². The lowest BCUT2D eigenvalue weighted by atomic mass is 10.1. The first-order valence-corrected chi connectivity index (χ1v) is 10.6. The largest absolute Gasteiger partial charge is 0.356 e. The highest BCUT2D eigenvalue weighted by atomic mass is 35.5. The zero-order valence-electron chi connectivity index (χ0n) is 13.7. The highest BCUT2D eigenvalue weighted by Crippen LogP contribution is 2.39. The van der Waals surface area contributed by atoms with Crippen molar-refractivity contribution in [1.29, 1.82) is 0 Å². The molecule has 1 saturated carbocycles. The van der Waals surface area contributed by atoms with Gasteiger partial charge in [-0.25, -0.2) is 8.42 Å². The molecule has 2 fully saturated rings. The second-order valence-corrected chi connectivity index (χ2v) is 9.39. The fraction of sp³-hybridized carbons (Fsp3) is 0.529. The molecule has 0 bridgehead atoms. The molecule has 2 aliphatic rings. The summed E-state index contributed by atoms with van der Waals surface area (Å²) in [7, 11) is -3.02. The van der Waals surface area contributed by atoms with Crippen LogP contribution in [0, 0.1) is 11.8 Å². The van der Waals surface area contributed by atoms with E-state index < -0.39 is 9.84 Å². The summed E-state index contributed by atoms with van der Waals surface area (Å²) in [5, 5.41) is 6.27. The number of rotatable bonds is 6. The number of halogens is 1. The summed E-state index contributed by atoms with van der Waals surface area (Å²) >= 11 is 5.92. The van der Waals surface area contributed by atoms with Crippen LogP contribution in [0.1, 0.15) is 18.4 Å². The van der Waals surface area contributed by atoms with Crippen LogP contribution in [0.25, 0.3) is 0 Å². The van der Waals surface area contributed by atoms with Crippen molar-refractivity contribution in [2.75, 3.05) is 18.1 Å². The van der Waals surface area contributed by atoms with Gasteiger partial charge >= 0.3 is 0 Å². The standard InChI is InChI=1S/C17H21ClN2O4S/c18-12-3-1-2-11(8-12)4-6-19-16(21)14-9-15(14)17(22)20-13-5-7-25(23,24)10-13/h1-3,8,13-15H,4-7,9-10H2,(H,19,21)(H,20,22). The molecule has 1 aliphatic heterocycles. The molecular weight excluding hydrogens is 364 g/mol. The lowest BCUT2D eigenvalue weighted by Gasteiger charge is -2.10. The maximum absolute atomic E-state index is 12.1. The van der Waals surface area contributed by atoms with Crippen LogP contribution in [0.15, 0.2) is 24.3 Å². The minimum Gasteiger partial charge on any atom is -0.356 e. The number of carbonyl (C=O) groups excluding carboxylic acids is 2. The Hall–Kier alpha value is -1.60. The van der Waals surface area contributed by atoms with Gasteiger partial charge in [-0.1, -0.05) is 23.7 Å². The van der Waals surface area contributed by atoms with E-state index in [1.54, 1.807) is 6.07 Å². The Labute approximate surface area is 152 Å². The Balaban J connectivity index is 1.39. The molecule has 2 amide bonds. The van der Waals surface area contributed by atoms with Gasteiger partial charge in [0.25, 0.3) is 0 Å². The number of hydrogen-bond acceptors (Lipinski definition) is 4. The van der Waals surface area contributed by atoms with Gasteiger partial charge in [0, 0.05) is 17.6 Å². The van der Waals surface area contributed by atoms with E-state index in [4.69, 9.17) is 11.6 Å². The first-order valence-electron chi connectivity index (χ1n) is 8.37. The predicted molar refractivity (Wildman–Crippen MR) is 95.0 cm³/mol. The molecule has 6 nitrogen and oxygen atoms in total. The van der Waals surface area contributed by atoms with Crippen LogP contribution in [-0.2, 0) is 25.8 Å². The van der Waals surface area contributed by atoms with Crippen LogP contribution < -0.4 is 10.6 Å². The van der Waals surface area contributed by atoms with Gasteiger partial charge in [0.1, 0.15) is 0 Å². The van der Waals surface area contributed by atoms with Gasteiger partial charge in [-0.2, -0.15) is 0 Å². The van der Waals surface area contributed by atoms with Crippen LogP contribution in [-0.4, -0.2) is 44.3 Å². The fourth-order valence-electron chi connectivity index (χ4n) is 3.15. The summed E-state index contributed by atoms with van der Waals surface area (Å²) in [5.41, 5.74) is 1.04. The SMILES string of the molecule is O=C(NCCc1cccc(Cl)c1)C1CC1C(=O)NC1CCS(=O)(=O)C1. The first-order chi connectivity index (χ1) is 11.8. The van der Waals surface area contributed by atoms with E-state index in [-0.39, 0.29) is 41.2 Å². The van der Waals surface area contributed by atoms with Crippen LogP contribution in [0.3, 0.4) is 0 Å². The lowest BCUT2D eigenvalue weighted by Crippen LogP contribution is -2.38. The molecule has 1 aromatic carbocycles. The van der Waals surface area contributed by atoms with E-state index in [1.807, 2.05) is 18.2 Å². The molecule has 136 valence electrons. The van der Waals surface area contributed by atoms with E-state index in [0.717, 1.165) is 5.56 Å². The third kappa shape index (κ3) is 4.95. The van der Waals surface area contributed by atoms with Crippen molar-refractivity contribution in [3.63, 3.8) is 0 Å². The van der Waals surface area contributed by atoms with E-state index in [2.05, 4.69) is 10.6 Å². The Morgan fingerprint density at radius 3 is 2.64 bits per heavy atom. The van der Waals surface area contributed by atoms with E-state index in [9.17, 15) is 18.0 Å². The summed E-state index contributed by atoms with van der Waals surface area (Å²) in [6.45, 7) is 0.491. The molecule has 3 atom stereocenters. The summed E-state index contributed by atoms with van der Waals surface area (Å²) in [6, 6.07) is 7.15. The smallest absolute Gasteiger partial charge is 0.224 e. The van der Waals surface area contributed by atoms with Crippen LogP contribution in [0.2, 0.25) is 5.02 Å². The van der Waals surface area contributed by atoms with Gasteiger partial charge in [0.05, 0.1) is 23.3 Å². The number of benzene rings is 1. The molecule has 3 rings (SSSR count). The quantitative estimate of drug-likeness (QED) is 0.763. The highest BCUT2D eigenvalue weighted by Gasteiger charge is 2.48. The summed E-state index contributed by atoms with van der Waals surface area (Å²) < 4.78 is 22.8. The number of amides is 2. The average Bonchev–Trinajstić information content (AvgIpc) is 3.27. The van der Waals surface area contributed by atoms with Gasteiger partial charge in [-0.3, -0.25) is 9.59 Å². The van der Waals surface area contributed by atoms with Crippen LogP contribution in [0.4, 0.5) is 0 Å². The molecule has 1 aromatic rings. The molecule has 2 N–H and O–H groups in total. The molecule has 8 heteroatoms. The van der Waals surface area contributed by atoms with Gasteiger partial charge in [0.15, 0.2) is 9.84 Å². The predicted octanol–water partition coefficient (Wildman–Crippen LogP) is 0.938. The lowest BCUT2D eigenvalue weighted by molar-refractivity contribution is -0.127. The van der Waals surface area contributed by atoms with E-state index in [0.29, 0.717) is 30.8 Å². The Morgan fingerprint density at radius 1 is 1.20 bits per heavy atom. The molecule has 1 saturated heterocycles. The number of hydrogen-bond donors (Lipinski definition) is 2. The van der Waals surface area contributed by atoms with Gasteiger partial charge in [0.2, 0.25) is 11.8 Å². The number of sulfone groups is 1. The molecule has 0 aromatic heterocycles. The van der Waals surface area contributed by atoms with E-state index >= 15 is 0 Å². The van der Waals surface area contributed by atoms with Gasteiger partial charge in [-0.05, 0) is 37.0 Å². The van der Waals surface area contributed by atoms with Gasteiger partial charge in [-0.15, -0.1) is 0 Å². The van der Waals surface area contributed by atoms with Crippen LogP contribution >= 0.6 is 11.6 Å². The molecule has 3 unspecified atom stereocenters. The zero-order chi connectivity index (χ0) is 18.0. The van der Waals surface area contributed by atoms with Crippen molar-refractivity contribution < 1.29 is 18.0 Å². The number of nitrogens with one attached hydrogen (secondary N) is 2. The third-order valence-electron chi connectivity index (χ3n) is 4.64. The Bertz CT molecular complexity index is 781. The molecule has 0 radical (unpaired) electrons. The third-order valence-corrected chi connectivity index (χ3v) is 6.65. The zero-order valence-corrected chi connectivity index (χ0v) is 15.3. The topological polar surface area (TPSA) is 92.3 Å². The summed E-state index contributed by atoms with van der Waals surface area (Å²) in [5.74, 6) is -0.858. The molecule has 1 aliphatic carbocycles. The Kier molecular flexibility index (Phi) is 5.34. The number of carbonyl (C=O) groups is 2. The first kappa shape index (κ1) is 18.2. The highest BCUT2D eigenvalue weighted by molar-refractivity contribution is 7.91. The molecule has 25 heavy (non-hydrogen) atoms. The summed E-state index contributed by atoms with van der Waals surface area (Å²) in [4.78, 5) is 24.2. The summed E-state index contributed by atoms with van der Waals surface area (Å²) in [6.07, 6.45) is 1.65. The average molecular weight is 385 g/mol. The van der Waals surface area contributed by atoms with Crippen LogP contribution in [0.5, 0.6) is 0 Å². The van der Waals surface area contributed by atoms with Crippen molar-refractivity contribution in [1.82, 2.24) is 10.6 Å². The second-order valence-electron chi connectivity index (χ2n) is 6.73. The fourth-order valence-corrected chi connectivity index (χ4v) is 5.03. The maximum atomic E-state index is 12.1. The van der Waals surface area contributed by atoms with Crippen molar-refractivity contribution in [2.45, 2.75) is 25.3 Å². The normalized spacial score (nSPS) is 26.8. The second kappa shape index (κ2) is 7.33. The van der Waals surface area contributed by atoms with Crippen molar-refractivity contribution >= 4 is 33.3 Å². The maximum Gasteiger partial charge on any atom is 0.224 e. The van der Waals surface area contributed by atoms with Crippen molar-refractivity contribution in [3.8, 4) is 0 Å².